The number of amides is 1. The molecule has 1 aromatic rings. The largest absolute Gasteiger partial charge is 0.445 e. The topological polar surface area (TPSA) is 32.8 Å². The molecule has 1 saturated heterocycles. The molecule has 1 fully saturated rings. The summed E-state index contributed by atoms with van der Waals surface area (Å²) in [5.74, 6) is 2.88. The van der Waals surface area contributed by atoms with Crippen molar-refractivity contribution in [2.24, 2.45) is 0 Å². The van der Waals surface area contributed by atoms with E-state index < -0.39 is 0 Å². The summed E-state index contributed by atoms with van der Waals surface area (Å²) >= 11 is 0. The van der Waals surface area contributed by atoms with Gasteiger partial charge in [0, 0.05) is 13.1 Å². The van der Waals surface area contributed by atoms with Crippen LogP contribution in [0.5, 0.6) is 0 Å². The minimum absolute atomic E-state index is 0.240. The smallest absolute Gasteiger partial charge is 0.410 e. The predicted octanol–water partition coefficient (Wildman–Crippen LogP) is 2.35. The molecule has 0 N–H and O–H groups in total. The fraction of sp³-hybridized carbons (Fsp3) is 0.471. The second-order valence-electron chi connectivity index (χ2n) is 5.60. The van der Waals surface area contributed by atoms with Crippen LogP contribution in [-0.2, 0) is 11.3 Å². The number of carbonyl (C=O) groups is 1. The molecule has 0 saturated carbocycles. The van der Waals surface area contributed by atoms with E-state index in [1.807, 2.05) is 44.4 Å². The van der Waals surface area contributed by atoms with Gasteiger partial charge >= 0.3 is 6.09 Å². The maximum absolute atomic E-state index is 12.1. The molecule has 0 spiro atoms. The summed E-state index contributed by atoms with van der Waals surface area (Å²) in [5, 5.41) is 0. The fourth-order valence-corrected chi connectivity index (χ4v) is 2.59. The average Bonchev–Trinajstić information content (AvgIpc) is 2.53. The predicted molar refractivity (Wildman–Crippen MR) is 82.7 cm³/mol. The van der Waals surface area contributed by atoms with Crippen LogP contribution in [0.3, 0.4) is 0 Å². The van der Waals surface area contributed by atoms with Crippen LogP contribution >= 0.6 is 0 Å². The Kier molecular flexibility index (Phi) is 4.87. The van der Waals surface area contributed by atoms with E-state index in [0.29, 0.717) is 19.7 Å². The molecule has 1 aliphatic heterocycles. The molecule has 0 aliphatic carbocycles. The molecular weight excluding hydrogens is 264 g/mol. The quantitative estimate of drug-likeness (QED) is 0.800. The Bertz CT molecular complexity index is 511. The number of carbonyl (C=O) groups excluding carboxylic acids is 1. The Morgan fingerprint density at radius 3 is 2.48 bits per heavy atom. The minimum Gasteiger partial charge on any atom is -0.445 e. The van der Waals surface area contributed by atoms with Gasteiger partial charge in [-0.25, -0.2) is 4.79 Å². The molecule has 0 bridgehead atoms. The van der Waals surface area contributed by atoms with Crippen molar-refractivity contribution in [1.29, 1.82) is 0 Å². The number of piperidine rings is 1. The first-order valence-electron chi connectivity index (χ1n) is 7.18. The van der Waals surface area contributed by atoms with Crippen LogP contribution < -0.4 is 0 Å². The molecule has 0 unspecified atom stereocenters. The van der Waals surface area contributed by atoms with Crippen LogP contribution in [0.15, 0.2) is 30.3 Å². The van der Waals surface area contributed by atoms with E-state index in [-0.39, 0.29) is 11.6 Å². The molecule has 112 valence electrons. The van der Waals surface area contributed by atoms with E-state index in [9.17, 15) is 4.79 Å². The maximum atomic E-state index is 12.1. The number of terminal acetylenes is 1. The molecule has 0 radical (unpaired) electrons. The molecular formula is C17H22N2O2. The highest BCUT2D eigenvalue weighted by Crippen LogP contribution is 2.26. The maximum Gasteiger partial charge on any atom is 0.410 e. The zero-order chi connectivity index (χ0) is 15.3. The van der Waals surface area contributed by atoms with E-state index >= 15 is 0 Å². The van der Waals surface area contributed by atoms with Crippen LogP contribution in [0.25, 0.3) is 0 Å². The van der Waals surface area contributed by atoms with Gasteiger partial charge in [-0.2, -0.15) is 0 Å². The zero-order valence-electron chi connectivity index (χ0n) is 12.7. The standard InChI is InChI=1S/C17H22N2O2/c1-4-17(18(2)3)10-12-19(13-11-17)16(20)21-14-15-8-6-5-7-9-15/h1,5-9H,10-14H2,2-3H3. The van der Waals surface area contributed by atoms with Crippen molar-refractivity contribution < 1.29 is 9.53 Å². The summed E-state index contributed by atoms with van der Waals surface area (Å²) in [6, 6.07) is 9.69. The SMILES string of the molecule is C#CC1(N(C)C)CCN(C(=O)OCc2ccccc2)CC1. The third kappa shape index (κ3) is 3.56. The molecule has 0 atom stereocenters. The number of benzene rings is 1. The van der Waals surface area contributed by atoms with Gasteiger partial charge < -0.3 is 9.64 Å². The van der Waals surface area contributed by atoms with Crippen LogP contribution in [-0.4, -0.2) is 48.6 Å². The Hall–Kier alpha value is -1.99. The van der Waals surface area contributed by atoms with Crippen molar-refractivity contribution in [3.63, 3.8) is 0 Å². The zero-order valence-corrected chi connectivity index (χ0v) is 12.7. The van der Waals surface area contributed by atoms with Crippen molar-refractivity contribution in [3.8, 4) is 12.3 Å². The monoisotopic (exact) mass is 286 g/mol. The van der Waals surface area contributed by atoms with Gasteiger partial charge in [-0.15, -0.1) is 6.42 Å². The average molecular weight is 286 g/mol. The van der Waals surface area contributed by atoms with Crippen LogP contribution in [0.1, 0.15) is 18.4 Å². The molecule has 0 aromatic heterocycles. The van der Waals surface area contributed by atoms with E-state index in [0.717, 1.165) is 18.4 Å². The van der Waals surface area contributed by atoms with Gasteiger partial charge in [0.05, 0.1) is 5.54 Å². The van der Waals surface area contributed by atoms with E-state index in [2.05, 4.69) is 10.8 Å². The molecule has 4 heteroatoms. The molecule has 1 amide bonds. The van der Waals surface area contributed by atoms with Gasteiger partial charge in [0.15, 0.2) is 0 Å². The molecule has 2 rings (SSSR count). The lowest BCUT2D eigenvalue weighted by Gasteiger charge is -2.42. The molecule has 4 nitrogen and oxygen atoms in total. The normalized spacial score (nSPS) is 17.3. The molecule has 1 aromatic carbocycles. The number of rotatable bonds is 3. The second kappa shape index (κ2) is 6.64. The first-order valence-corrected chi connectivity index (χ1v) is 7.18. The van der Waals surface area contributed by atoms with E-state index in [1.165, 1.54) is 0 Å². The summed E-state index contributed by atoms with van der Waals surface area (Å²) in [6.45, 7) is 1.58. The van der Waals surface area contributed by atoms with Gasteiger partial charge in [-0.3, -0.25) is 4.90 Å². The lowest BCUT2D eigenvalue weighted by atomic mass is 9.87. The summed E-state index contributed by atoms with van der Waals surface area (Å²) in [7, 11) is 3.98. The number of nitrogens with zero attached hydrogens (tertiary/aromatic N) is 2. The Morgan fingerprint density at radius 1 is 1.33 bits per heavy atom. The van der Waals surface area contributed by atoms with E-state index in [1.54, 1.807) is 4.90 Å². The van der Waals surface area contributed by atoms with E-state index in [4.69, 9.17) is 11.2 Å². The summed E-state index contributed by atoms with van der Waals surface area (Å²) in [5.41, 5.74) is 0.755. The van der Waals surface area contributed by atoms with Crippen molar-refractivity contribution in [2.45, 2.75) is 25.0 Å². The first kappa shape index (κ1) is 15.4. The lowest BCUT2D eigenvalue weighted by Crippen LogP contribution is -2.53. The van der Waals surface area contributed by atoms with Gasteiger partial charge in [0.25, 0.3) is 0 Å². The van der Waals surface area contributed by atoms with Crippen molar-refractivity contribution in [2.75, 3.05) is 27.2 Å². The lowest BCUT2D eigenvalue weighted by molar-refractivity contribution is 0.0623. The van der Waals surface area contributed by atoms with Crippen molar-refractivity contribution >= 4 is 6.09 Å². The summed E-state index contributed by atoms with van der Waals surface area (Å²) < 4.78 is 5.35. The Morgan fingerprint density at radius 2 is 1.95 bits per heavy atom. The Labute approximate surface area is 126 Å². The Balaban J connectivity index is 1.85. The van der Waals surface area contributed by atoms with Crippen molar-refractivity contribution in [3.05, 3.63) is 35.9 Å². The number of ether oxygens (including phenoxy) is 1. The third-order valence-electron chi connectivity index (χ3n) is 4.18. The highest BCUT2D eigenvalue weighted by atomic mass is 16.6. The number of hydrogen-bond donors (Lipinski definition) is 0. The number of hydrogen-bond acceptors (Lipinski definition) is 3. The first-order chi connectivity index (χ1) is 10.1. The summed E-state index contributed by atoms with van der Waals surface area (Å²) in [4.78, 5) is 15.9. The highest BCUT2D eigenvalue weighted by molar-refractivity contribution is 5.67. The fourth-order valence-electron chi connectivity index (χ4n) is 2.59. The second-order valence-corrected chi connectivity index (χ2v) is 5.60. The molecule has 1 aliphatic rings. The van der Waals surface area contributed by atoms with Gasteiger partial charge in [-0.05, 0) is 32.5 Å². The summed E-state index contributed by atoms with van der Waals surface area (Å²) in [6.07, 6.45) is 6.96. The molecule has 21 heavy (non-hydrogen) atoms. The molecule has 1 heterocycles. The van der Waals surface area contributed by atoms with Gasteiger partial charge in [-0.1, -0.05) is 36.3 Å². The third-order valence-corrected chi connectivity index (χ3v) is 4.18. The van der Waals surface area contributed by atoms with Crippen LogP contribution in [0, 0.1) is 12.3 Å². The van der Waals surface area contributed by atoms with Gasteiger partial charge in [0.1, 0.15) is 6.61 Å². The van der Waals surface area contributed by atoms with Crippen LogP contribution in [0.2, 0.25) is 0 Å². The van der Waals surface area contributed by atoms with Crippen LogP contribution in [0.4, 0.5) is 4.79 Å². The highest BCUT2D eigenvalue weighted by Gasteiger charge is 2.36. The minimum atomic E-state index is -0.261. The van der Waals surface area contributed by atoms with Gasteiger partial charge in [0.2, 0.25) is 0 Å². The number of likely N-dealkylation sites (tertiary alicyclic amines) is 1. The van der Waals surface area contributed by atoms with Crippen molar-refractivity contribution in [1.82, 2.24) is 9.80 Å².